The maximum Gasteiger partial charge on any atom is 0.336 e. The van der Waals surface area contributed by atoms with Gasteiger partial charge in [-0.15, -0.1) is 0 Å². The molecule has 0 bridgehead atoms. The third-order valence-electron chi connectivity index (χ3n) is 14.2. The van der Waals surface area contributed by atoms with E-state index in [2.05, 4.69) is 10.6 Å². The second kappa shape index (κ2) is 23.8. The summed E-state index contributed by atoms with van der Waals surface area (Å²) >= 11 is 3.90. The van der Waals surface area contributed by atoms with Gasteiger partial charge in [0.05, 0.1) is 40.4 Å². The molecule has 10 rings (SSSR count). The number of carboxylic acids is 1. The molecule has 0 spiro atoms. The number of pyridine rings is 2. The minimum atomic E-state index is -1.43. The molecule has 2 fully saturated rings. The van der Waals surface area contributed by atoms with Gasteiger partial charge >= 0.3 is 23.3 Å². The summed E-state index contributed by atoms with van der Waals surface area (Å²) in [6, 6.07) is 21.3. The van der Waals surface area contributed by atoms with E-state index in [4.69, 9.17) is 4.74 Å². The van der Waals surface area contributed by atoms with Crippen LogP contribution in [-0.2, 0) is 41.5 Å². The minimum Gasteiger partial charge on any atom is -0.480 e. The molecule has 2 aliphatic carbocycles. The van der Waals surface area contributed by atoms with Crippen LogP contribution in [0.15, 0.2) is 114 Å². The van der Waals surface area contributed by atoms with Crippen molar-refractivity contribution in [3.63, 3.8) is 0 Å². The highest BCUT2D eigenvalue weighted by Gasteiger charge is 2.30. The fourth-order valence-electron chi connectivity index (χ4n) is 9.68. The highest BCUT2D eigenvalue weighted by atomic mass is 127. The number of nitrogens with zero attached hydrogens (tertiary/aromatic N) is 6. The van der Waals surface area contributed by atoms with Crippen molar-refractivity contribution in [2.24, 2.45) is 25.9 Å². The number of aryl methyl sites for hydroxylation is 2. The Labute approximate surface area is 490 Å². The molecule has 0 radical (unpaired) electrons. The van der Waals surface area contributed by atoms with E-state index in [9.17, 15) is 61.8 Å². The Bertz CT molecular complexity index is 4400. The van der Waals surface area contributed by atoms with Crippen LogP contribution in [0.1, 0.15) is 77.3 Å². The summed E-state index contributed by atoms with van der Waals surface area (Å²) in [5.41, 5.74) is -3.69. The summed E-state index contributed by atoms with van der Waals surface area (Å²) in [4.78, 5) is 132. The Morgan fingerprint density at radius 1 is 0.598 bits per heavy atom. The number of hydrogen-bond acceptors (Lipinski definition) is 13. The number of fused-ring (bicyclic) bond motifs is 2. The first-order valence-electron chi connectivity index (χ1n) is 25.9. The number of carbonyl (C=O) groups is 4. The normalized spacial score (nSPS) is 12.9. The molecule has 0 saturated heterocycles. The van der Waals surface area contributed by atoms with E-state index in [1.807, 2.05) is 45.2 Å². The Morgan fingerprint density at radius 3 is 1.37 bits per heavy atom. The Balaban J connectivity index is 0.000000198. The predicted molar refractivity (Wildman–Crippen MR) is 320 cm³/mol. The van der Waals surface area contributed by atoms with E-state index in [0.717, 1.165) is 48.5 Å². The summed E-state index contributed by atoms with van der Waals surface area (Å²) in [6.45, 7) is 2.91. The fraction of sp³-hybridized carbons (Fsp3) is 0.276. The first-order valence-corrected chi connectivity index (χ1v) is 28.0. The number of anilines is 4. The standard InChI is InChI=1S/C30H28FIN4O6.C28H24FIN4O6/c1-4-42-24(38)15-35-29(40)25-26(16(2)28(39)34(3)27(25)33-22-11-10-19(32)14-21(22)31)36(30(35)41)20-7-5-6-18(13-20)23(37)12-17-8-9-17;1-14-24-23(25(32(2)26(14)38)31-20-9-8-17(30)12-19(20)29)27(39)33(13-22(36)37)28(40)34(24)18-5-3-4-16(11-18)21(35)10-15-6-7-15/h5-7,10-11,13-14,17,33H,4,8-9,12,15H2,1-3H3;3-5,8-9,11-12,15,31H,6-7,10,13H2,1-2H3,(H,36,37). The molecule has 0 atom stereocenters. The number of rotatable bonds is 17. The first-order chi connectivity index (χ1) is 39.0. The van der Waals surface area contributed by atoms with Crippen molar-refractivity contribution in [2.75, 3.05) is 17.2 Å². The highest BCUT2D eigenvalue weighted by molar-refractivity contribution is 14.1. The van der Waals surface area contributed by atoms with E-state index in [0.29, 0.717) is 47.5 Å². The zero-order valence-corrected chi connectivity index (χ0v) is 49.0. The average molecular weight is 1340 g/mol. The third-order valence-corrected chi connectivity index (χ3v) is 15.6. The Morgan fingerprint density at radius 2 is 1.00 bits per heavy atom. The molecule has 8 aromatic rings. The lowest BCUT2D eigenvalue weighted by Gasteiger charge is -2.20. The lowest BCUT2D eigenvalue weighted by atomic mass is 10.0. The number of Topliss-reactive ketones (excluding diaryl/α,β-unsaturated/α-hetero) is 2. The second-order valence-corrected chi connectivity index (χ2v) is 22.6. The van der Waals surface area contributed by atoms with Gasteiger partial charge in [0.2, 0.25) is 0 Å². The molecule has 4 aromatic heterocycles. The largest absolute Gasteiger partial charge is 0.480 e. The number of carbonyl (C=O) groups excluding carboxylic acids is 3. The van der Waals surface area contributed by atoms with Gasteiger partial charge in [-0.05, 0) is 164 Å². The van der Waals surface area contributed by atoms with E-state index in [1.165, 1.54) is 70.4 Å². The Hall–Kier alpha value is -8.14. The molecule has 2 saturated carbocycles. The number of hydrogen-bond donors (Lipinski definition) is 3. The van der Waals surface area contributed by atoms with Crippen LogP contribution >= 0.6 is 45.2 Å². The van der Waals surface area contributed by atoms with Gasteiger partial charge < -0.3 is 20.5 Å². The molecule has 0 amide bonds. The molecule has 24 heteroatoms. The number of aromatic nitrogens is 6. The van der Waals surface area contributed by atoms with Crippen molar-refractivity contribution in [3.05, 3.63) is 188 Å². The molecule has 3 N–H and O–H groups in total. The summed E-state index contributed by atoms with van der Waals surface area (Å²) in [6.07, 6.45) is 4.70. The van der Waals surface area contributed by atoms with Gasteiger partial charge in [-0.3, -0.25) is 56.6 Å². The van der Waals surface area contributed by atoms with Gasteiger partial charge in [-0.1, -0.05) is 24.3 Å². The number of benzene rings is 4. The van der Waals surface area contributed by atoms with Crippen molar-refractivity contribution in [1.82, 2.24) is 27.4 Å². The Kier molecular flexibility index (Phi) is 16.9. The van der Waals surface area contributed by atoms with E-state index >= 15 is 0 Å². The number of esters is 1. The molecule has 4 aromatic carbocycles. The molecule has 4 heterocycles. The van der Waals surface area contributed by atoms with Crippen molar-refractivity contribution in [1.29, 1.82) is 0 Å². The maximum absolute atomic E-state index is 14.9. The van der Waals surface area contributed by atoms with Crippen LogP contribution in [0, 0.1) is 44.5 Å². The van der Waals surface area contributed by atoms with Gasteiger partial charge in [0.15, 0.2) is 11.6 Å². The zero-order valence-electron chi connectivity index (χ0n) is 44.7. The van der Waals surface area contributed by atoms with Gasteiger partial charge in [-0.25, -0.2) is 27.5 Å². The first kappa shape index (κ1) is 58.5. The lowest BCUT2D eigenvalue weighted by molar-refractivity contribution is -0.144. The zero-order chi connectivity index (χ0) is 59.2. The molecule has 424 valence electrons. The lowest BCUT2D eigenvalue weighted by Crippen LogP contribution is -2.43. The smallest absolute Gasteiger partial charge is 0.336 e. The number of carboxylic acid groups (broad SMARTS) is 1. The quantitative estimate of drug-likeness (QED) is 0.0445. The average Bonchev–Trinajstić information content (AvgIpc) is 3.13. The van der Waals surface area contributed by atoms with Gasteiger partial charge in [0.1, 0.15) is 47.1 Å². The molecule has 82 heavy (non-hydrogen) atoms. The number of nitrogens with one attached hydrogen (secondary N) is 2. The van der Waals surface area contributed by atoms with E-state index in [1.54, 1.807) is 49.4 Å². The highest BCUT2D eigenvalue weighted by Crippen LogP contribution is 2.35. The van der Waals surface area contributed by atoms with Gasteiger partial charge in [0, 0.05) is 56.3 Å². The van der Waals surface area contributed by atoms with Crippen LogP contribution in [0.5, 0.6) is 0 Å². The SMILES string of the molecule is CCOC(=O)Cn1c(=O)c2c(Nc3ccc(I)cc3F)n(C)c(=O)c(C)c2n(-c2cccc(C(=O)CC3CC3)c2)c1=O.Cc1c(=O)n(C)c(Nc2ccc(I)cc2F)c2c(=O)n(CC(=O)O)c(=O)n(-c3cccc(C(=O)CC4CC4)c3)c12. The maximum atomic E-state index is 14.9. The third kappa shape index (κ3) is 11.8. The number of aliphatic carboxylic acids is 1. The molecule has 0 aliphatic heterocycles. The van der Waals surface area contributed by atoms with Crippen LogP contribution in [0.25, 0.3) is 33.2 Å². The minimum absolute atomic E-state index is 0.00247. The number of halogens is 4. The summed E-state index contributed by atoms with van der Waals surface area (Å²) in [5.74, 6) is -3.21. The molecular formula is C58H52F2I2N8O12. The van der Waals surface area contributed by atoms with Crippen molar-refractivity contribution in [3.8, 4) is 11.4 Å². The van der Waals surface area contributed by atoms with Crippen molar-refractivity contribution >= 4 is 114 Å². The van der Waals surface area contributed by atoms with Crippen LogP contribution in [0.3, 0.4) is 0 Å². The number of ketones is 2. The van der Waals surface area contributed by atoms with Crippen molar-refractivity contribution in [2.45, 2.75) is 72.4 Å². The van der Waals surface area contributed by atoms with Crippen molar-refractivity contribution < 1.29 is 37.8 Å². The summed E-state index contributed by atoms with van der Waals surface area (Å²) < 4.78 is 41.8. The van der Waals surface area contributed by atoms with Gasteiger partial charge in [0.25, 0.3) is 22.2 Å². The van der Waals surface area contributed by atoms with E-state index in [-0.39, 0.29) is 85.5 Å². The van der Waals surface area contributed by atoms with Crippen LogP contribution in [0.2, 0.25) is 0 Å². The monoisotopic (exact) mass is 1340 g/mol. The second-order valence-electron chi connectivity index (χ2n) is 20.1. The predicted octanol–water partition coefficient (Wildman–Crippen LogP) is 7.91. The topological polar surface area (TPSA) is 254 Å². The van der Waals surface area contributed by atoms with Crippen LogP contribution in [-0.4, -0.2) is 62.6 Å². The molecule has 0 unspecified atom stereocenters. The summed E-state index contributed by atoms with van der Waals surface area (Å²) in [5, 5.41) is 14.9. The van der Waals surface area contributed by atoms with Gasteiger partial charge in [-0.2, -0.15) is 0 Å². The van der Waals surface area contributed by atoms with Crippen LogP contribution < -0.4 is 44.3 Å². The summed E-state index contributed by atoms with van der Waals surface area (Å²) in [7, 11) is 2.80. The number of ether oxygens (including phenoxy) is 1. The van der Waals surface area contributed by atoms with Crippen LogP contribution in [0.4, 0.5) is 31.8 Å². The van der Waals surface area contributed by atoms with E-state index < -0.39 is 70.3 Å². The molecule has 20 nitrogen and oxygen atoms in total. The fourth-order valence-corrected chi connectivity index (χ4v) is 10.6. The molecular weight excluding hydrogens is 1290 g/mol. The molecule has 2 aliphatic rings.